The van der Waals surface area contributed by atoms with E-state index in [1.807, 2.05) is 6.92 Å². The van der Waals surface area contributed by atoms with Gasteiger partial charge in [0.25, 0.3) is 5.91 Å². The number of pyridine rings is 1. The standard InChI is InChI=1S/C23H26N4O2S/c1-13-12-24-20-19-15-2-5-18(27-8-6-23(7-9-27)10-14(28)11-23)26-16(15)3-4-17(19)30-21(20)22(29)25-13/h2-5,13-14,24,28H,6-12H2,1H3,(H,25,29)/t13-/m1/s1. The number of rotatable bonds is 1. The Morgan fingerprint density at radius 1 is 1.20 bits per heavy atom. The molecule has 7 heteroatoms. The maximum Gasteiger partial charge on any atom is 0.263 e. The Hall–Kier alpha value is -2.38. The highest BCUT2D eigenvalue weighted by Crippen LogP contribution is 2.49. The molecule has 156 valence electrons. The van der Waals surface area contributed by atoms with Crippen molar-refractivity contribution in [3.8, 4) is 0 Å². The number of carbonyl (C=O) groups excluding carboxylic acids is 1. The number of nitrogens with one attached hydrogen (secondary N) is 2. The number of fused-ring (bicyclic) bond motifs is 5. The van der Waals surface area contributed by atoms with Crippen LogP contribution in [0.5, 0.6) is 0 Å². The topological polar surface area (TPSA) is 77.5 Å². The van der Waals surface area contributed by atoms with E-state index in [9.17, 15) is 9.90 Å². The van der Waals surface area contributed by atoms with Crippen LogP contribution in [-0.2, 0) is 0 Å². The SMILES string of the molecule is C[C@@H]1CNc2c(sc3ccc4nc(N5CCC6(CC5)CC(O)C6)ccc4c23)C(=O)N1. The second-order valence-electron chi connectivity index (χ2n) is 9.29. The summed E-state index contributed by atoms with van der Waals surface area (Å²) < 4.78 is 1.11. The first-order valence-corrected chi connectivity index (χ1v) is 11.7. The molecule has 4 heterocycles. The number of piperidine rings is 1. The van der Waals surface area contributed by atoms with Crippen molar-refractivity contribution in [3.63, 3.8) is 0 Å². The van der Waals surface area contributed by atoms with Gasteiger partial charge in [-0.3, -0.25) is 4.79 Å². The van der Waals surface area contributed by atoms with Gasteiger partial charge in [-0.15, -0.1) is 11.3 Å². The van der Waals surface area contributed by atoms with Gasteiger partial charge in [-0.1, -0.05) is 0 Å². The summed E-state index contributed by atoms with van der Waals surface area (Å²) in [5.74, 6) is 1.03. The normalized spacial score (nSPS) is 23.7. The fourth-order valence-electron chi connectivity index (χ4n) is 5.45. The highest BCUT2D eigenvalue weighted by atomic mass is 32.1. The third-order valence-corrected chi connectivity index (χ3v) is 8.32. The number of aliphatic hydroxyl groups is 1. The first-order valence-electron chi connectivity index (χ1n) is 10.9. The molecule has 6 nitrogen and oxygen atoms in total. The summed E-state index contributed by atoms with van der Waals surface area (Å²) in [5, 5.41) is 18.5. The van der Waals surface area contributed by atoms with Crippen molar-refractivity contribution in [2.24, 2.45) is 5.41 Å². The summed E-state index contributed by atoms with van der Waals surface area (Å²) in [6.45, 7) is 4.74. The highest BCUT2D eigenvalue weighted by molar-refractivity contribution is 7.21. The van der Waals surface area contributed by atoms with Gasteiger partial charge in [-0.2, -0.15) is 0 Å². The molecule has 2 fully saturated rings. The first kappa shape index (κ1) is 18.4. The molecular formula is C23H26N4O2S. The van der Waals surface area contributed by atoms with Crippen LogP contribution < -0.4 is 15.5 Å². The van der Waals surface area contributed by atoms with Gasteiger partial charge >= 0.3 is 0 Å². The lowest BCUT2D eigenvalue weighted by atomic mass is 9.61. The molecule has 1 amide bonds. The maximum absolute atomic E-state index is 12.6. The molecule has 0 unspecified atom stereocenters. The molecule has 1 atom stereocenters. The Bertz CT molecular complexity index is 1160. The molecule has 0 radical (unpaired) electrons. The minimum Gasteiger partial charge on any atom is -0.393 e. The van der Waals surface area contributed by atoms with Crippen LogP contribution in [0, 0.1) is 5.41 Å². The van der Waals surface area contributed by atoms with Crippen molar-refractivity contribution in [2.45, 2.75) is 44.8 Å². The van der Waals surface area contributed by atoms with E-state index in [1.54, 1.807) is 11.3 Å². The lowest BCUT2D eigenvalue weighted by Gasteiger charge is -2.50. The van der Waals surface area contributed by atoms with E-state index in [2.05, 4.69) is 39.8 Å². The predicted octanol–water partition coefficient (Wildman–Crippen LogP) is 3.73. The molecule has 1 aliphatic carbocycles. The second kappa shape index (κ2) is 6.56. The molecule has 1 spiro atoms. The van der Waals surface area contributed by atoms with Crippen LogP contribution in [0.25, 0.3) is 21.0 Å². The van der Waals surface area contributed by atoms with Gasteiger partial charge in [0.15, 0.2) is 0 Å². The van der Waals surface area contributed by atoms with Crippen molar-refractivity contribution in [1.82, 2.24) is 10.3 Å². The second-order valence-corrected chi connectivity index (χ2v) is 10.3. The highest BCUT2D eigenvalue weighted by Gasteiger charge is 2.45. The van der Waals surface area contributed by atoms with Crippen LogP contribution in [0.2, 0.25) is 0 Å². The average Bonchev–Trinajstić information content (AvgIpc) is 3.04. The zero-order valence-electron chi connectivity index (χ0n) is 17.1. The van der Waals surface area contributed by atoms with Crippen LogP contribution in [0.15, 0.2) is 24.3 Å². The van der Waals surface area contributed by atoms with Gasteiger partial charge in [-0.05, 0) is 62.3 Å². The number of thiophene rings is 1. The summed E-state index contributed by atoms with van der Waals surface area (Å²) in [6, 6.07) is 8.56. The van der Waals surface area contributed by atoms with Gasteiger partial charge in [0.2, 0.25) is 0 Å². The fraction of sp³-hybridized carbons (Fsp3) is 0.478. The van der Waals surface area contributed by atoms with E-state index in [0.29, 0.717) is 5.41 Å². The van der Waals surface area contributed by atoms with Crippen molar-refractivity contribution < 1.29 is 9.90 Å². The maximum atomic E-state index is 12.6. The van der Waals surface area contributed by atoms with Crippen molar-refractivity contribution in [3.05, 3.63) is 29.1 Å². The number of nitrogens with zero attached hydrogens (tertiary/aromatic N) is 2. The first-order chi connectivity index (χ1) is 14.5. The van der Waals surface area contributed by atoms with Crippen molar-refractivity contribution in [2.75, 3.05) is 29.9 Å². The van der Waals surface area contributed by atoms with Gasteiger partial charge < -0.3 is 20.6 Å². The van der Waals surface area contributed by atoms with Crippen LogP contribution >= 0.6 is 11.3 Å². The fourth-order valence-corrected chi connectivity index (χ4v) is 6.55. The molecular weight excluding hydrogens is 396 g/mol. The summed E-state index contributed by atoms with van der Waals surface area (Å²) in [4.78, 5) is 20.7. The van der Waals surface area contributed by atoms with E-state index in [0.717, 1.165) is 82.7 Å². The van der Waals surface area contributed by atoms with Gasteiger partial charge in [0, 0.05) is 41.1 Å². The predicted molar refractivity (Wildman–Crippen MR) is 122 cm³/mol. The molecule has 3 aliphatic rings. The summed E-state index contributed by atoms with van der Waals surface area (Å²) in [7, 11) is 0. The number of amides is 1. The quantitative estimate of drug-likeness (QED) is 0.557. The van der Waals surface area contributed by atoms with Crippen LogP contribution in [0.1, 0.15) is 42.3 Å². The number of aliphatic hydroxyl groups excluding tert-OH is 1. The molecule has 1 saturated heterocycles. The van der Waals surface area contributed by atoms with Crippen molar-refractivity contribution in [1.29, 1.82) is 0 Å². The number of hydrogen-bond acceptors (Lipinski definition) is 6. The molecule has 30 heavy (non-hydrogen) atoms. The average molecular weight is 423 g/mol. The summed E-state index contributed by atoms with van der Waals surface area (Å²) >= 11 is 1.55. The molecule has 3 aromatic rings. The van der Waals surface area contributed by atoms with Crippen LogP contribution in [-0.4, -0.2) is 47.8 Å². The number of anilines is 2. The smallest absolute Gasteiger partial charge is 0.263 e. The minimum absolute atomic E-state index is 0.00443. The molecule has 2 aliphatic heterocycles. The Balaban J connectivity index is 1.36. The molecule has 3 N–H and O–H groups in total. The summed E-state index contributed by atoms with van der Waals surface area (Å²) in [6.07, 6.45) is 4.12. The largest absolute Gasteiger partial charge is 0.393 e. The minimum atomic E-state index is -0.0860. The van der Waals surface area contributed by atoms with E-state index >= 15 is 0 Å². The number of hydrogen-bond donors (Lipinski definition) is 3. The van der Waals surface area contributed by atoms with Crippen LogP contribution in [0.4, 0.5) is 11.5 Å². The van der Waals surface area contributed by atoms with Crippen LogP contribution in [0.3, 0.4) is 0 Å². The molecule has 2 aromatic heterocycles. The third kappa shape index (κ3) is 2.79. The Labute approximate surface area is 179 Å². The molecule has 1 aromatic carbocycles. The molecule has 1 saturated carbocycles. The van der Waals surface area contributed by atoms with Gasteiger partial charge in [0.1, 0.15) is 10.7 Å². The number of benzene rings is 1. The van der Waals surface area contributed by atoms with E-state index in [-0.39, 0.29) is 18.1 Å². The Kier molecular flexibility index (Phi) is 4.02. The Morgan fingerprint density at radius 2 is 2.00 bits per heavy atom. The van der Waals surface area contributed by atoms with E-state index in [1.165, 1.54) is 0 Å². The van der Waals surface area contributed by atoms with Gasteiger partial charge in [-0.25, -0.2) is 4.98 Å². The molecule has 0 bridgehead atoms. The number of carbonyl (C=O) groups is 1. The zero-order chi connectivity index (χ0) is 20.5. The Morgan fingerprint density at radius 3 is 2.77 bits per heavy atom. The lowest BCUT2D eigenvalue weighted by molar-refractivity contribution is -0.0464. The molecule has 6 rings (SSSR count). The zero-order valence-corrected chi connectivity index (χ0v) is 17.9. The number of aromatic nitrogens is 1. The lowest BCUT2D eigenvalue weighted by Crippen LogP contribution is -2.49. The van der Waals surface area contributed by atoms with E-state index in [4.69, 9.17) is 4.98 Å². The monoisotopic (exact) mass is 422 g/mol. The third-order valence-electron chi connectivity index (χ3n) is 7.16. The van der Waals surface area contributed by atoms with Gasteiger partial charge in [0.05, 0.1) is 17.3 Å². The summed E-state index contributed by atoms with van der Waals surface area (Å²) in [5.41, 5.74) is 2.29. The van der Waals surface area contributed by atoms with E-state index < -0.39 is 0 Å². The van der Waals surface area contributed by atoms with Crippen molar-refractivity contribution >= 4 is 49.7 Å².